The molecule has 0 aliphatic heterocycles. The molecular weight excluding hydrogens is 290 g/mol. The Kier molecular flexibility index (Phi) is 4.00. The van der Waals surface area contributed by atoms with Crippen LogP contribution in [0.15, 0.2) is 15.2 Å². The molecule has 0 aromatic carbocycles. The lowest BCUT2D eigenvalue weighted by molar-refractivity contribution is 0.0850. The zero-order chi connectivity index (χ0) is 11.5. The van der Waals surface area contributed by atoms with E-state index < -0.39 is 0 Å². The van der Waals surface area contributed by atoms with Crippen molar-refractivity contribution in [3.63, 3.8) is 0 Å². The topological polar surface area (TPSA) is 49.3 Å². The number of rotatable bonds is 2. The quantitative estimate of drug-likeness (QED) is 0.882. The molecule has 0 spiro atoms. The minimum absolute atomic E-state index is 0.0407. The van der Waals surface area contributed by atoms with E-state index in [2.05, 4.69) is 21.2 Å². The van der Waals surface area contributed by atoms with Crippen LogP contribution in [0.2, 0.25) is 0 Å². The number of aliphatic hydroxyl groups excluding tert-OH is 1. The monoisotopic (exact) mass is 303 g/mol. The van der Waals surface area contributed by atoms with Gasteiger partial charge in [-0.1, -0.05) is 0 Å². The van der Waals surface area contributed by atoms with Crippen LogP contribution in [0.4, 0.5) is 0 Å². The minimum Gasteiger partial charge on any atom is -0.393 e. The molecule has 2 N–H and O–H groups in total. The Morgan fingerprint density at radius 1 is 1.56 bits per heavy atom. The van der Waals surface area contributed by atoms with Gasteiger partial charge in [0.1, 0.15) is 0 Å². The first-order chi connectivity index (χ1) is 7.65. The van der Waals surface area contributed by atoms with E-state index in [4.69, 9.17) is 0 Å². The summed E-state index contributed by atoms with van der Waals surface area (Å²) in [6.07, 6.45) is 3.23. The fourth-order valence-corrected chi connectivity index (χ4v) is 3.13. The van der Waals surface area contributed by atoms with Crippen molar-refractivity contribution >= 4 is 33.2 Å². The maximum absolute atomic E-state index is 11.8. The third kappa shape index (κ3) is 3.06. The number of thiophene rings is 1. The van der Waals surface area contributed by atoms with Gasteiger partial charge in [-0.2, -0.15) is 0 Å². The standard InChI is InChI=1S/C11H14BrNO2S/c12-10-4-7(6-16-10)11(15)13-8-2-1-3-9(14)5-8/h4,6,8-9,14H,1-3,5H2,(H,13,15). The second-order valence-electron chi connectivity index (χ2n) is 4.13. The van der Waals surface area contributed by atoms with Crippen molar-refractivity contribution < 1.29 is 9.90 Å². The summed E-state index contributed by atoms with van der Waals surface area (Å²) in [6, 6.07) is 1.94. The van der Waals surface area contributed by atoms with Gasteiger partial charge in [0.2, 0.25) is 0 Å². The summed E-state index contributed by atoms with van der Waals surface area (Å²) < 4.78 is 0.960. The summed E-state index contributed by atoms with van der Waals surface area (Å²) in [5.41, 5.74) is 0.692. The van der Waals surface area contributed by atoms with Crippen molar-refractivity contribution in [2.45, 2.75) is 37.8 Å². The molecule has 1 aliphatic rings. The molecule has 1 aromatic rings. The summed E-state index contributed by atoms with van der Waals surface area (Å²) in [7, 11) is 0. The largest absolute Gasteiger partial charge is 0.393 e. The molecule has 0 bridgehead atoms. The highest BCUT2D eigenvalue weighted by Gasteiger charge is 2.22. The summed E-state index contributed by atoms with van der Waals surface area (Å²) >= 11 is 4.84. The normalized spacial score (nSPS) is 25.4. The van der Waals surface area contributed by atoms with Crippen molar-refractivity contribution in [2.75, 3.05) is 0 Å². The Labute approximate surface area is 107 Å². The summed E-state index contributed by atoms with van der Waals surface area (Å²) in [6.45, 7) is 0. The summed E-state index contributed by atoms with van der Waals surface area (Å²) in [5, 5.41) is 14.3. The molecule has 88 valence electrons. The Bertz CT molecular complexity index is 380. The number of hydrogen-bond donors (Lipinski definition) is 2. The second-order valence-corrected chi connectivity index (χ2v) is 6.42. The average molecular weight is 304 g/mol. The lowest BCUT2D eigenvalue weighted by Gasteiger charge is -2.26. The Morgan fingerprint density at radius 3 is 3.00 bits per heavy atom. The number of carbonyl (C=O) groups excluding carboxylic acids is 1. The van der Waals surface area contributed by atoms with Gasteiger partial charge in [-0.3, -0.25) is 4.79 Å². The van der Waals surface area contributed by atoms with E-state index in [1.807, 2.05) is 11.4 Å². The van der Waals surface area contributed by atoms with Crippen LogP contribution in [0.1, 0.15) is 36.0 Å². The molecule has 2 unspecified atom stereocenters. The maximum Gasteiger partial charge on any atom is 0.252 e. The van der Waals surface area contributed by atoms with Gasteiger partial charge in [-0.05, 0) is 47.7 Å². The lowest BCUT2D eigenvalue weighted by Crippen LogP contribution is -2.39. The van der Waals surface area contributed by atoms with Crippen LogP contribution in [0.5, 0.6) is 0 Å². The molecule has 5 heteroatoms. The fraction of sp³-hybridized carbons (Fsp3) is 0.545. The average Bonchev–Trinajstić information content (AvgIpc) is 2.65. The van der Waals surface area contributed by atoms with E-state index in [1.54, 1.807) is 0 Å². The third-order valence-corrected chi connectivity index (χ3v) is 4.32. The van der Waals surface area contributed by atoms with Crippen LogP contribution in [0.3, 0.4) is 0 Å². The SMILES string of the molecule is O=C(NC1CCCC(O)C1)c1csc(Br)c1. The van der Waals surface area contributed by atoms with Crippen molar-refractivity contribution in [1.82, 2.24) is 5.32 Å². The van der Waals surface area contributed by atoms with E-state index in [1.165, 1.54) is 11.3 Å². The molecule has 3 nitrogen and oxygen atoms in total. The first-order valence-electron chi connectivity index (χ1n) is 5.38. The Morgan fingerprint density at radius 2 is 2.38 bits per heavy atom. The van der Waals surface area contributed by atoms with E-state index in [0.717, 1.165) is 23.0 Å². The highest BCUT2D eigenvalue weighted by Crippen LogP contribution is 2.22. The van der Waals surface area contributed by atoms with Gasteiger partial charge >= 0.3 is 0 Å². The molecule has 0 radical (unpaired) electrons. The zero-order valence-corrected chi connectivity index (χ0v) is 11.2. The molecule has 1 aromatic heterocycles. The molecule has 1 heterocycles. The minimum atomic E-state index is -0.256. The maximum atomic E-state index is 11.8. The van der Waals surface area contributed by atoms with Gasteiger partial charge in [-0.15, -0.1) is 11.3 Å². The van der Waals surface area contributed by atoms with Crippen LogP contribution in [0, 0.1) is 0 Å². The van der Waals surface area contributed by atoms with Crippen LogP contribution in [-0.2, 0) is 0 Å². The highest BCUT2D eigenvalue weighted by molar-refractivity contribution is 9.11. The first-order valence-corrected chi connectivity index (χ1v) is 7.05. The summed E-state index contributed by atoms with van der Waals surface area (Å²) in [5.74, 6) is -0.0407. The van der Waals surface area contributed by atoms with Gasteiger partial charge in [0.05, 0.1) is 15.5 Å². The van der Waals surface area contributed by atoms with Crippen molar-refractivity contribution in [3.8, 4) is 0 Å². The van der Waals surface area contributed by atoms with Gasteiger partial charge in [0.15, 0.2) is 0 Å². The van der Waals surface area contributed by atoms with Crippen molar-refractivity contribution in [3.05, 3.63) is 20.8 Å². The number of halogens is 1. The summed E-state index contributed by atoms with van der Waals surface area (Å²) in [4.78, 5) is 11.8. The van der Waals surface area contributed by atoms with E-state index >= 15 is 0 Å². The Balaban J connectivity index is 1.92. The van der Waals surface area contributed by atoms with E-state index in [9.17, 15) is 9.90 Å². The lowest BCUT2D eigenvalue weighted by atomic mass is 9.93. The number of amides is 1. The highest BCUT2D eigenvalue weighted by atomic mass is 79.9. The molecule has 0 saturated heterocycles. The van der Waals surface area contributed by atoms with Gasteiger partial charge in [0, 0.05) is 11.4 Å². The van der Waals surface area contributed by atoms with Crippen molar-refractivity contribution in [2.24, 2.45) is 0 Å². The molecular formula is C11H14BrNO2S. The molecule has 2 rings (SSSR count). The molecule has 1 aliphatic carbocycles. The first kappa shape index (κ1) is 12.1. The van der Waals surface area contributed by atoms with E-state index in [-0.39, 0.29) is 18.1 Å². The predicted molar refractivity (Wildman–Crippen MR) is 67.7 cm³/mol. The van der Waals surface area contributed by atoms with Gasteiger partial charge in [0.25, 0.3) is 5.91 Å². The molecule has 1 saturated carbocycles. The van der Waals surface area contributed by atoms with Gasteiger partial charge < -0.3 is 10.4 Å². The molecule has 2 atom stereocenters. The second kappa shape index (κ2) is 5.29. The molecule has 1 fully saturated rings. The molecule has 1 amide bonds. The smallest absolute Gasteiger partial charge is 0.252 e. The van der Waals surface area contributed by atoms with Crippen LogP contribution in [-0.4, -0.2) is 23.2 Å². The number of hydrogen-bond acceptors (Lipinski definition) is 3. The van der Waals surface area contributed by atoms with Crippen LogP contribution < -0.4 is 5.32 Å². The van der Waals surface area contributed by atoms with Gasteiger partial charge in [-0.25, -0.2) is 0 Å². The third-order valence-electron chi connectivity index (χ3n) is 2.81. The predicted octanol–water partition coefficient (Wildman–Crippen LogP) is 2.54. The van der Waals surface area contributed by atoms with Crippen LogP contribution >= 0.6 is 27.3 Å². The fourth-order valence-electron chi connectivity index (χ4n) is 1.99. The number of aliphatic hydroxyl groups is 1. The van der Waals surface area contributed by atoms with Crippen molar-refractivity contribution in [1.29, 1.82) is 0 Å². The van der Waals surface area contributed by atoms with Crippen LogP contribution in [0.25, 0.3) is 0 Å². The van der Waals surface area contributed by atoms with E-state index in [0.29, 0.717) is 12.0 Å². The number of carbonyl (C=O) groups is 1. The Hall–Kier alpha value is -0.390. The number of nitrogens with one attached hydrogen (secondary N) is 1. The molecule has 16 heavy (non-hydrogen) atoms. The zero-order valence-electron chi connectivity index (χ0n) is 8.78.